The maximum Gasteiger partial charge on any atom is 0.314 e. The number of aliphatic hydroxyl groups is 1. The van der Waals surface area contributed by atoms with Gasteiger partial charge >= 0.3 is 5.97 Å². The molecule has 1 heterocycles. The van der Waals surface area contributed by atoms with Crippen LogP contribution >= 0.6 is 0 Å². The number of aliphatic hydroxyl groups excluding tert-OH is 1. The second-order valence-corrected chi connectivity index (χ2v) is 12.9. The lowest BCUT2D eigenvalue weighted by molar-refractivity contribution is -0.146. The summed E-state index contributed by atoms with van der Waals surface area (Å²) in [4.78, 5) is 12.2. The topological polar surface area (TPSA) is 55.8 Å². The minimum Gasteiger partial charge on any atom is -0.460 e. The van der Waals surface area contributed by atoms with Gasteiger partial charge in [0.2, 0.25) is 0 Å². The third-order valence-corrected chi connectivity index (χ3v) is 9.67. The normalized spacial score (nSPS) is 26.9. The maximum atomic E-state index is 12.2. The predicted molar refractivity (Wildman–Crippen MR) is 95.8 cm³/mol. The number of cyclic esters (lactones) is 1. The Kier molecular flexibility index (Phi) is 7.05. The largest absolute Gasteiger partial charge is 0.460 e. The van der Waals surface area contributed by atoms with Crippen molar-refractivity contribution in [3.8, 4) is 0 Å². The fraction of sp³-hybridized carbons (Fsp3) is 0.833. The molecule has 0 radical (unpaired) electrons. The molecule has 134 valence electrons. The van der Waals surface area contributed by atoms with Gasteiger partial charge in [0, 0.05) is 0 Å². The molecule has 0 saturated carbocycles. The van der Waals surface area contributed by atoms with E-state index in [4.69, 9.17) is 9.16 Å². The second kappa shape index (κ2) is 7.95. The molecule has 1 aliphatic heterocycles. The van der Waals surface area contributed by atoms with Crippen LogP contribution in [0.2, 0.25) is 18.1 Å². The highest BCUT2D eigenvalue weighted by molar-refractivity contribution is 6.74. The zero-order chi connectivity index (χ0) is 17.8. The van der Waals surface area contributed by atoms with Crippen molar-refractivity contribution in [3.05, 3.63) is 12.7 Å². The summed E-state index contributed by atoms with van der Waals surface area (Å²) in [7, 11) is -2.03. The SMILES string of the molecule is C=CCCCCC(O)[C@@H]1C(=O)O[C@@H](C)[C@H]1O[Si](C)(C)C(C)(C)C. The van der Waals surface area contributed by atoms with Gasteiger partial charge < -0.3 is 14.3 Å². The fourth-order valence-corrected chi connectivity index (χ4v) is 4.01. The molecule has 1 N–H and O–H groups in total. The summed E-state index contributed by atoms with van der Waals surface area (Å²) in [5, 5.41) is 10.6. The van der Waals surface area contributed by atoms with Crippen molar-refractivity contribution >= 4 is 14.3 Å². The van der Waals surface area contributed by atoms with Gasteiger partial charge in [-0.2, -0.15) is 0 Å². The van der Waals surface area contributed by atoms with Gasteiger partial charge in [-0.3, -0.25) is 4.79 Å². The van der Waals surface area contributed by atoms with E-state index < -0.39 is 20.3 Å². The highest BCUT2D eigenvalue weighted by Gasteiger charge is 2.51. The van der Waals surface area contributed by atoms with Crippen LogP contribution in [0.5, 0.6) is 0 Å². The van der Waals surface area contributed by atoms with Crippen molar-refractivity contribution in [2.24, 2.45) is 5.92 Å². The van der Waals surface area contributed by atoms with Gasteiger partial charge in [0.15, 0.2) is 8.32 Å². The van der Waals surface area contributed by atoms with Crippen molar-refractivity contribution in [1.29, 1.82) is 0 Å². The molecule has 0 aliphatic carbocycles. The minimum absolute atomic E-state index is 0.0534. The van der Waals surface area contributed by atoms with Crippen LogP contribution in [-0.4, -0.2) is 37.7 Å². The van der Waals surface area contributed by atoms with Crippen LogP contribution < -0.4 is 0 Å². The van der Waals surface area contributed by atoms with Crippen LogP contribution in [0.1, 0.15) is 53.4 Å². The molecule has 0 spiro atoms. The maximum absolute atomic E-state index is 12.2. The van der Waals surface area contributed by atoms with Gasteiger partial charge in [-0.1, -0.05) is 33.3 Å². The van der Waals surface area contributed by atoms with E-state index in [0.717, 1.165) is 19.3 Å². The lowest BCUT2D eigenvalue weighted by atomic mass is 9.92. The van der Waals surface area contributed by atoms with Crippen LogP contribution in [0.25, 0.3) is 0 Å². The summed E-state index contributed by atoms with van der Waals surface area (Å²) in [6.45, 7) is 16.4. The lowest BCUT2D eigenvalue weighted by Gasteiger charge is -2.40. The first kappa shape index (κ1) is 20.4. The summed E-state index contributed by atoms with van der Waals surface area (Å²) >= 11 is 0. The Hall–Kier alpha value is -0.653. The lowest BCUT2D eigenvalue weighted by Crippen LogP contribution is -2.49. The molecule has 0 amide bonds. The van der Waals surface area contributed by atoms with Crippen molar-refractivity contribution in [2.75, 3.05) is 0 Å². The van der Waals surface area contributed by atoms with Gasteiger partial charge in [-0.25, -0.2) is 0 Å². The van der Waals surface area contributed by atoms with Crippen molar-refractivity contribution in [3.63, 3.8) is 0 Å². The summed E-state index contributed by atoms with van der Waals surface area (Å²) in [6, 6.07) is 0. The number of rotatable bonds is 8. The molecule has 1 saturated heterocycles. The number of hydrogen-bond donors (Lipinski definition) is 1. The first-order chi connectivity index (χ1) is 10.5. The van der Waals surface area contributed by atoms with E-state index in [1.165, 1.54) is 0 Å². The minimum atomic E-state index is -2.03. The van der Waals surface area contributed by atoms with Crippen LogP contribution in [0.15, 0.2) is 12.7 Å². The monoisotopic (exact) mass is 342 g/mol. The smallest absolute Gasteiger partial charge is 0.314 e. The van der Waals surface area contributed by atoms with Gasteiger partial charge in [-0.15, -0.1) is 6.58 Å². The van der Waals surface area contributed by atoms with Crippen LogP contribution in [-0.2, 0) is 14.0 Å². The molecule has 0 aromatic rings. The van der Waals surface area contributed by atoms with E-state index >= 15 is 0 Å². The molecule has 0 aromatic carbocycles. The number of hydrogen-bond acceptors (Lipinski definition) is 4. The van der Waals surface area contributed by atoms with E-state index in [1.54, 1.807) is 0 Å². The Morgan fingerprint density at radius 3 is 2.52 bits per heavy atom. The zero-order valence-corrected chi connectivity index (χ0v) is 16.6. The molecule has 23 heavy (non-hydrogen) atoms. The molecule has 1 unspecified atom stereocenters. The van der Waals surface area contributed by atoms with E-state index in [9.17, 15) is 9.90 Å². The standard InChI is InChI=1S/C18H34O4Si/c1-8-9-10-11-12-14(19)15-16(13(2)21-17(15)20)22-23(6,7)18(3,4)5/h8,13-16,19H,1,9-12H2,2-7H3/t13-,14?,15-,16+/m0/s1. The van der Waals surface area contributed by atoms with Gasteiger partial charge in [-0.05, 0) is 44.3 Å². The van der Waals surface area contributed by atoms with Crippen LogP contribution in [0.4, 0.5) is 0 Å². The van der Waals surface area contributed by atoms with Gasteiger partial charge in [0.25, 0.3) is 0 Å². The number of carbonyl (C=O) groups is 1. The van der Waals surface area contributed by atoms with Gasteiger partial charge in [0.05, 0.1) is 12.2 Å². The number of ether oxygens (including phenoxy) is 1. The second-order valence-electron chi connectivity index (χ2n) is 8.15. The molecule has 4 nitrogen and oxygen atoms in total. The molecule has 0 bridgehead atoms. The summed E-state index contributed by atoms with van der Waals surface area (Å²) in [6.07, 6.45) is 3.90. The average molecular weight is 343 g/mol. The van der Waals surface area contributed by atoms with Crippen molar-refractivity contribution in [2.45, 2.75) is 89.8 Å². The zero-order valence-electron chi connectivity index (χ0n) is 15.6. The summed E-state index contributed by atoms with van der Waals surface area (Å²) in [5.41, 5.74) is 0. The van der Waals surface area contributed by atoms with E-state index in [2.05, 4.69) is 40.4 Å². The fourth-order valence-electron chi connectivity index (χ4n) is 2.64. The van der Waals surface area contributed by atoms with Crippen LogP contribution in [0, 0.1) is 5.92 Å². The number of unbranched alkanes of at least 4 members (excludes halogenated alkanes) is 2. The number of carbonyl (C=O) groups excluding carboxylic acids is 1. The first-order valence-electron chi connectivity index (χ1n) is 8.68. The molecule has 5 heteroatoms. The third-order valence-electron chi connectivity index (χ3n) is 5.20. The van der Waals surface area contributed by atoms with Crippen molar-refractivity contribution in [1.82, 2.24) is 0 Å². The molecule has 0 aromatic heterocycles. The quantitative estimate of drug-likeness (QED) is 0.313. The predicted octanol–water partition coefficient (Wildman–Crippen LogP) is 4.05. The molecular formula is C18H34O4Si. The highest BCUT2D eigenvalue weighted by Crippen LogP contribution is 2.41. The molecule has 4 atom stereocenters. The molecule has 1 fully saturated rings. The molecule has 1 aliphatic rings. The Balaban J connectivity index is 2.78. The van der Waals surface area contributed by atoms with E-state index in [0.29, 0.717) is 6.42 Å². The van der Waals surface area contributed by atoms with Crippen molar-refractivity contribution < 1.29 is 19.1 Å². The summed E-state index contributed by atoms with van der Waals surface area (Å²) in [5.74, 6) is -0.889. The summed E-state index contributed by atoms with van der Waals surface area (Å²) < 4.78 is 11.8. The number of allylic oxidation sites excluding steroid dienone is 1. The van der Waals surface area contributed by atoms with Gasteiger partial charge in [0.1, 0.15) is 12.0 Å². The molecule has 1 rings (SSSR count). The Bertz CT molecular complexity index is 414. The number of esters is 1. The van der Waals surface area contributed by atoms with E-state index in [1.807, 2.05) is 13.0 Å². The highest BCUT2D eigenvalue weighted by atomic mass is 28.4. The molecular weight excluding hydrogens is 308 g/mol. The Labute approximate surface area is 142 Å². The Morgan fingerprint density at radius 1 is 1.39 bits per heavy atom. The first-order valence-corrected chi connectivity index (χ1v) is 11.6. The average Bonchev–Trinajstić information content (AvgIpc) is 2.67. The third kappa shape index (κ3) is 5.16. The van der Waals surface area contributed by atoms with Crippen LogP contribution in [0.3, 0.4) is 0 Å². The van der Waals surface area contributed by atoms with E-state index in [-0.39, 0.29) is 23.2 Å². The Morgan fingerprint density at radius 2 is 2.00 bits per heavy atom.